The lowest BCUT2D eigenvalue weighted by molar-refractivity contribution is -0.121. The van der Waals surface area contributed by atoms with Gasteiger partial charge in [0, 0.05) is 7.05 Å². The molecular weight excluding hydrogens is 300 g/mol. The summed E-state index contributed by atoms with van der Waals surface area (Å²) in [7, 11) is -2.22. The van der Waals surface area contributed by atoms with Gasteiger partial charge in [-0.2, -0.15) is 4.31 Å². The van der Waals surface area contributed by atoms with Crippen molar-refractivity contribution in [3.05, 3.63) is 41.7 Å². The molecule has 2 aromatic rings. The Kier molecular flexibility index (Phi) is 4.58. The van der Waals surface area contributed by atoms with Gasteiger partial charge in [-0.25, -0.2) is 8.42 Å². The number of rotatable bonds is 6. The molecule has 0 fully saturated rings. The van der Waals surface area contributed by atoms with Crippen LogP contribution in [0.1, 0.15) is 5.76 Å². The van der Waals surface area contributed by atoms with E-state index in [0.717, 1.165) is 15.6 Å². The third-order valence-corrected chi connectivity index (χ3v) is 5.74. The molecule has 0 bridgehead atoms. The van der Waals surface area contributed by atoms with E-state index in [2.05, 4.69) is 5.32 Å². The number of furan rings is 1. The second-order valence-electron chi connectivity index (χ2n) is 4.05. The predicted molar refractivity (Wildman–Crippen MR) is 74.7 cm³/mol. The molecule has 0 aromatic carbocycles. The molecule has 6 nitrogen and oxygen atoms in total. The fraction of sp³-hybridized carbons (Fsp3) is 0.250. The van der Waals surface area contributed by atoms with Crippen LogP contribution in [0.15, 0.2) is 44.5 Å². The Labute approximate surface area is 121 Å². The molecule has 1 N–H and O–H groups in total. The fourth-order valence-corrected chi connectivity index (χ4v) is 3.83. The highest BCUT2D eigenvalue weighted by Gasteiger charge is 2.23. The van der Waals surface area contributed by atoms with E-state index < -0.39 is 10.0 Å². The minimum Gasteiger partial charge on any atom is -0.467 e. The second-order valence-corrected chi connectivity index (χ2v) is 7.27. The lowest BCUT2D eigenvalue weighted by atomic mass is 10.4. The maximum absolute atomic E-state index is 12.1. The third kappa shape index (κ3) is 3.47. The summed E-state index contributed by atoms with van der Waals surface area (Å²) < 4.78 is 30.5. The SMILES string of the molecule is CN(CC(=O)NCc1ccco1)S(=O)(=O)c1cccs1. The van der Waals surface area contributed by atoms with Crippen LogP contribution in [0, 0.1) is 0 Å². The Hall–Kier alpha value is -1.64. The first-order chi connectivity index (χ1) is 9.50. The van der Waals surface area contributed by atoms with Crippen LogP contribution >= 0.6 is 11.3 Å². The molecule has 2 rings (SSSR count). The molecule has 0 spiro atoms. The zero-order valence-electron chi connectivity index (χ0n) is 10.8. The summed E-state index contributed by atoms with van der Waals surface area (Å²) in [6.45, 7) is -0.000332. The molecular formula is C12H14N2O4S2. The van der Waals surface area contributed by atoms with Crippen molar-refractivity contribution < 1.29 is 17.6 Å². The first-order valence-electron chi connectivity index (χ1n) is 5.79. The highest BCUT2D eigenvalue weighted by Crippen LogP contribution is 2.19. The first-order valence-corrected chi connectivity index (χ1v) is 8.11. The number of sulfonamides is 1. The van der Waals surface area contributed by atoms with E-state index in [4.69, 9.17) is 4.42 Å². The molecule has 2 aromatic heterocycles. The number of nitrogens with one attached hydrogen (secondary N) is 1. The van der Waals surface area contributed by atoms with Gasteiger partial charge in [-0.3, -0.25) is 4.79 Å². The molecule has 0 aliphatic rings. The molecule has 0 saturated heterocycles. The molecule has 1 amide bonds. The van der Waals surface area contributed by atoms with Crippen LogP contribution in [-0.2, 0) is 21.4 Å². The van der Waals surface area contributed by atoms with Crippen molar-refractivity contribution in [2.75, 3.05) is 13.6 Å². The van der Waals surface area contributed by atoms with Gasteiger partial charge in [-0.05, 0) is 23.6 Å². The second kappa shape index (κ2) is 6.21. The molecule has 8 heteroatoms. The van der Waals surface area contributed by atoms with E-state index in [1.54, 1.807) is 23.6 Å². The molecule has 108 valence electrons. The van der Waals surface area contributed by atoms with Crippen molar-refractivity contribution in [2.45, 2.75) is 10.8 Å². The van der Waals surface area contributed by atoms with E-state index in [9.17, 15) is 13.2 Å². The number of likely N-dealkylation sites (N-methyl/N-ethyl adjacent to an activating group) is 1. The Morgan fingerprint density at radius 3 is 2.80 bits per heavy atom. The van der Waals surface area contributed by atoms with E-state index in [1.165, 1.54) is 19.4 Å². The summed E-state index contributed by atoms with van der Waals surface area (Å²) in [5.41, 5.74) is 0. The summed E-state index contributed by atoms with van der Waals surface area (Å²) >= 11 is 1.12. The number of thiophene rings is 1. The maximum Gasteiger partial charge on any atom is 0.252 e. The van der Waals surface area contributed by atoms with Crippen molar-refractivity contribution in [3.8, 4) is 0 Å². The molecule has 0 aliphatic heterocycles. The number of hydrogen-bond acceptors (Lipinski definition) is 5. The number of hydrogen-bond donors (Lipinski definition) is 1. The van der Waals surface area contributed by atoms with E-state index >= 15 is 0 Å². The van der Waals surface area contributed by atoms with E-state index in [0.29, 0.717) is 5.76 Å². The van der Waals surface area contributed by atoms with Crippen LogP contribution in [0.5, 0.6) is 0 Å². The van der Waals surface area contributed by atoms with Crippen molar-refractivity contribution in [3.63, 3.8) is 0 Å². The smallest absolute Gasteiger partial charge is 0.252 e. The number of carbonyl (C=O) groups is 1. The standard InChI is InChI=1S/C12H14N2O4S2/c1-14(20(16,17)12-5-3-7-19-12)9-11(15)13-8-10-4-2-6-18-10/h2-7H,8-9H2,1H3,(H,13,15). The van der Waals surface area contributed by atoms with Gasteiger partial charge in [0.1, 0.15) is 9.97 Å². The minimum atomic E-state index is -3.60. The van der Waals surface area contributed by atoms with Gasteiger partial charge in [-0.15, -0.1) is 11.3 Å². The maximum atomic E-state index is 12.1. The Morgan fingerprint density at radius 1 is 1.40 bits per heavy atom. The van der Waals surface area contributed by atoms with Gasteiger partial charge in [0.15, 0.2) is 0 Å². The fourth-order valence-electron chi connectivity index (χ4n) is 1.51. The van der Waals surface area contributed by atoms with Crippen LogP contribution in [0.25, 0.3) is 0 Å². The Bertz CT molecular complexity index is 648. The van der Waals surface area contributed by atoms with Crippen molar-refractivity contribution >= 4 is 27.3 Å². The summed E-state index contributed by atoms with van der Waals surface area (Å²) in [5.74, 6) is 0.228. The topological polar surface area (TPSA) is 79.6 Å². The molecule has 0 saturated carbocycles. The minimum absolute atomic E-state index is 0.221. The Balaban J connectivity index is 1.91. The van der Waals surface area contributed by atoms with Crippen LogP contribution in [-0.4, -0.2) is 32.2 Å². The van der Waals surface area contributed by atoms with Crippen LogP contribution in [0.3, 0.4) is 0 Å². The lowest BCUT2D eigenvalue weighted by Gasteiger charge is -2.15. The number of carbonyl (C=O) groups excluding carboxylic acids is 1. The molecule has 0 aliphatic carbocycles. The zero-order valence-corrected chi connectivity index (χ0v) is 12.4. The highest BCUT2D eigenvalue weighted by molar-refractivity contribution is 7.91. The summed E-state index contributed by atoms with van der Waals surface area (Å²) in [5, 5.41) is 4.28. The summed E-state index contributed by atoms with van der Waals surface area (Å²) in [6, 6.07) is 6.61. The normalized spacial score (nSPS) is 11.7. The predicted octanol–water partition coefficient (Wildman–Crippen LogP) is 1.28. The number of nitrogens with zero attached hydrogens (tertiary/aromatic N) is 1. The molecule has 0 atom stereocenters. The molecule has 2 heterocycles. The Morgan fingerprint density at radius 2 is 2.20 bits per heavy atom. The van der Waals surface area contributed by atoms with E-state index in [1.807, 2.05) is 0 Å². The van der Waals surface area contributed by atoms with Gasteiger partial charge < -0.3 is 9.73 Å². The molecule has 20 heavy (non-hydrogen) atoms. The van der Waals surface area contributed by atoms with Crippen LogP contribution in [0.4, 0.5) is 0 Å². The lowest BCUT2D eigenvalue weighted by Crippen LogP contribution is -2.37. The van der Waals surface area contributed by atoms with Gasteiger partial charge in [-0.1, -0.05) is 6.07 Å². The average molecular weight is 314 g/mol. The first kappa shape index (κ1) is 14.8. The molecule has 0 radical (unpaired) electrons. The summed E-state index contributed by atoms with van der Waals surface area (Å²) in [4.78, 5) is 11.7. The monoisotopic (exact) mass is 314 g/mol. The number of amides is 1. The van der Waals surface area contributed by atoms with Crippen LogP contribution < -0.4 is 5.32 Å². The van der Waals surface area contributed by atoms with Gasteiger partial charge >= 0.3 is 0 Å². The van der Waals surface area contributed by atoms with Gasteiger partial charge in [0.25, 0.3) is 10.0 Å². The average Bonchev–Trinajstić information content (AvgIpc) is 3.09. The zero-order chi connectivity index (χ0) is 14.6. The van der Waals surface area contributed by atoms with E-state index in [-0.39, 0.29) is 23.2 Å². The highest BCUT2D eigenvalue weighted by atomic mass is 32.2. The third-order valence-electron chi connectivity index (χ3n) is 2.57. The molecule has 0 unspecified atom stereocenters. The largest absolute Gasteiger partial charge is 0.467 e. The quantitative estimate of drug-likeness (QED) is 0.871. The van der Waals surface area contributed by atoms with Crippen molar-refractivity contribution in [1.82, 2.24) is 9.62 Å². The van der Waals surface area contributed by atoms with Gasteiger partial charge in [0.05, 0.1) is 19.4 Å². The van der Waals surface area contributed by atoms with Crippen molar-refractivity contribution in [1.29, 1.82) is 0 Å². The summed E-state index contributed by atoms with van der Waals surface area (Å²) in [6.07, 6.45) is 1.51. The van der Waals surface area contributed by atoms with Gasteiger partial charge in [0.2, 0.25) is 5.91 Å². The van der Waals surface area contributed by atoms with Crippen LogP contribution in [0.2, 0.25) is 0 Å². The van der Waals surface area contributed by atoms with Crippen molar-refractivity contribution in [2.24, 2.45) is 0 Å².